The molecule has 3 rings (SSSR count). The van der Waals surface area contributed by atoms with Crippen LogP contribution in [0.25, 0.3) is 0 Å². The van der Waals surface area contributed by atoms with Crippen molar-refractivity contribution in [3.8, 4) is 0 Å². The number of nitrogens with zero attached hydrogens (tertiary/aromatic N) is 1. The first kappa shape index (κ1) is 19.8. The zero-order chi connectivity index (χ0) is 13.8. The first-order valence-electron chi connectivity index (χ1n) is 8.36. The third kappa shape index (κ3) is 4.61. The van der Waals surface area contributed by atoms with Crippen molar-refractivity contribution in [1.82, 2.24) is 10.2 Å². The van der Waals surface area contributed by atoms with Gasteiger partial charge in [-0.25, -0.2) is 0 Å². The highest BCUT2D eigenvalue weighted by molar-refractivity contribution is 5.85. The van der Waals surface area contributed by atoms with Crippen LogP contribution in [0.15, 0.2) is 24.3 Å². The Labute approximate surface area is 147 Å². The first-order chi connectivity index (χ1) is 9.86. The van der Waals surface area contributed by atoms with E-state index < -0.39 is 0 Å². The maximum absolute atomic E-state index is 3.50. The monoisotopic (exact) mass is 344 g/mol. The second-order valence-corrected chi connectivity index (χ2v) is 6.49. The number of halogens is 2. The fraction of sp³-hybridized carbons (Fsp3) is 0.667. The predicted molar refractivity (Wildman–Crippen MR) is 99.4 cm³/mol. The van der Waals surface area contributed by atoms with Crippen LogP contribution in [0.3, 0.4) is 0 Å². The predicted octanol–water partition coefficient (Wildman–Crippen LogP) is 4.37. The van der Waals surface area contributed by atoms with E-state index in [1.807, 2.05) is 0 Å². The van der Waals surface area contributed by atoms with E-state index in [4.69, 9.17) is 0 Å². The smallest absolute Gasteiger partial charge is 0.0379 e. The van der Waals surface area contributed by atoms with Gasteiger partial charge in [0.25, 0.3) is 0 Å². The molecular weight excluding hydrogens is 315 g/mol. The summed E-state index contributed by atoms with van der Waals surface area (Å²) in [7, 11) is 0. The van der Waals surface area contributed by atoms with Crippen molar-refractivity contribution in [2.45, 2.75) is 45.1 Å². The van der Waals surface area contributed by atoms with E-state index >= 15 is 0 Å². The molecule has 0 unspecified atom stereocenters. The van der Waals surface area contributed by atoms with Crippen LogP contribution in [-0.2, 0) is 0 Å². The van der Waals surface area contributed by atoms with Crippen LogP contribution in [0.5, 0.6) is 0 Å². The topological polar surface area (TPSA) is 15.3 Å². The number of benzene rings is 1. The average molecular weight is 345 g/mol. The normalized spacial score (nSPS) is 21.5. The Morgan fingerprint density at radius 3 is 2.27 bits per heavy atom. The van der Waals surface area contributed by atoms with Crippen LogP contribution in [0, 0.1) is 12.8 Å². The molecule has 1 saturated heterocycles. The molecule has 1 aliphatic carbocycles. The molecule has 22 heavy (non-hydrogen) atoms. The molecule has 2 fully saturated rings. The Morgan fingerprint density at radius 1 is 1.00 bits per heavy atom. The SMILES string of the molecule is Cc1ccccc1[C@@H](C1CCCCC1)N1CCNCC1.Cl.Cl. The van der Waals surface area contributed by atoms with Gasteiger partial charge in [-0.15, -0.1) is 24.8 Å². The van der Waals surface area contributed by atoms with Gasteiger partial charge in [-0.2, -0.15) is 0 Å². The Balaban J connectivity index is 0.00000121. The van der Waals surface area contributed by atoms with Gasteiger partial charge in [0, 0.05) is 32.2 Å². The fourth-order valence-electron chi connectivity index (χ4n) is 4.08. The van der Waals surface area contributed by atoms with Crippen LogP contribution >= 0.6 is 24.8 Å². The number of piperazine rings is 1. The molecule has 0 aromatic heterocycles. The molecule has 1 aromatic rings. The zero-order valence-corrected chi connectivity index (χ0v) is 15.2. The van der Waals surface area contributed by atoms with Gasteiger partial charge in [-0.05, 0) is 36.8 Å². The second kappa shape index (κ2) is 9.77. The minimum Gasteiger partial charge on any atom is -0.314 e. The minimum atomic E-state index is 0. The molecule has 2 nitrogen and oxygen atoms in total. The summed E-state index contributed by atoms with van der Waals surface area (Å²) in [5.41, 5.74) is 3.06. The first-order valence-corrected chi connectivity index (χ1v) is 8.36. The Hall–Kier alpha value is -0.280. The minimum absolute atomic E-state index is 0. The quantitative estimate of drug-likeness (QED) is 0.875. The highest BCUT2D eigenvalue weighted by Gasteiger charge is 2.31. The lowest BCUT2D eigenvalue weighted by Crippen LogP contribution is -2.47. The van der Waals surface area contributed by atoms with Crippen molar-refractivity contribution in [2.24, 2.45) is 5.92 Å². The van der Waals surface area contributed by atoms with Crippen molar-refractivity contribution in [1.29, 1.82) is 0 Å². The summed E-state index contributed by atoms with van der Waals surface area (Å²) in [6.45, 7) is 6.99. The summed E-state index contributed by atoms with van der Waals surface area (Å²) in [4.78, 5) is 2.74. The van der Waals surface area contributed by atoms with Crippen LogP contribution in [-0.4, -0.2) is 31.1 Å². The molecule has 0 amide bonds. The molecule has 0 radical (unpaired) electrons. The van der Waals surface area contributed by atoms with Gasteiger partial charge in [0.15, 0.2) is 0 Å². The van der Waals surface area contributed by atoms with Crippen molar-refractivity contribution >= 4 is 24.8 Å². The molecular formula is C18H30Cl2N2. The van der Waals surface area contributed by atoms with Gasteiger partial charge in [0.05, 0.1) is 0 Å². The van der Waals surface area contributed by atoms with E-state index in [-0.39, 0.29) is 24.8 Å². The van der Waals surface area contributed by atoms with E-state index in [0.717, 1.165) is 19.0 Å². The Kier molecular flexibility index (Phi) is 8.78. The number of hydrogen-bond acceptors (Lipinski definition) is 2. The van der Waals surface area contributed by atoms with Gasteiger partial charge in [0.2, 0.25) is 0 Å². The Bertz CT molecular complexity index is 409. The molecule has 1 aliphatic heterocycles. The maximum Gasteiger partial charge on any atom is 0.0379 e. The Morgan fingerprint density at radius 2 is 1.64 bits per heavy atom. The van der Waals surface area contributed by atoms with Crippen LogP contribution in [0.1, 0.15) is 49.3 Å². The molecule has 1 N–H and O–H groups in total. The number of hydrogen-bond donors (Lipinski definition) is 1. The molecule has 2 aliphatic rings. The average Bonchev–Trinajstić information content (AvgIpc) is 2.52. The van der Waals surface area contributed by atoms with Gasteiger partial charge in [-0.1, -0.05) is 43.5 Å². The van der Waals surface area contributed by atoms with Gasteiger partial charge < -0.3 is 5.32 Å². The van der Waals surface area contributed by atoms with Crippen molar-refractivity contribution < 1.29 is 0 Å². The lowest BCUT2D eigenvalue weighted by molar-refractivity contribution is 0.103. The van der Waals surface area contributed by atoms with E-state index in [2.05, 4.69) is 41.4 Å². The van der Waals surface area contributed by atoms with E-state index in [9.17, 15) is 0 Å². The van der Waals surface area contributed by atoms with Crippen LogP contribution in [0.4, 0.5) is 0 Å². The molecule has 4 heteroatoms. The summed E-state index contributed by atoms with van der Waals surface area (Å²) in [6.07, 6.45) is 7.14. The third-order valence-corrected chi connectivity index (χ3v) is 5.15. The lowest BCUT2D eigenvalue weighted by atomic mass is 9.79. The summed E-state index contributed by atoms with van der Waals surface area (Å²) in [6, 6.07) is 9.71. The molecule has 1 heterocycles. The van der Waals surface area contributed by atoms with Gasteiger partial charge >= 0.3 is 0 Å². The fourth-order valence-corrected chi connectivity index (χ4v) is 4.08. The lowest BCUT2D eigenvalue weighted by Gasteiger charge is -2.41. The largest absolute Gasteiger partial charge is 0.314 e. The zero-order valence-electron chi connectivity index (χ0n) is 13.6. The highest BCUT2D eigenvalue weighted by atomic mass is 35.5. The summed E-state index contributed by atoms with van der Waals surface area (Å²) in [5, 5.41) is 3.50. The molecule has 1 saturated carbocycles. The second-order valence-electron chi connectivity index (χ2n) is 6.49. The number of aryl methyl sites for hydroxylation is 1. The van der Waals surface area contributed by atoms with E-state index in [1.54, 1.807) is 5.56 Å². The van der Waals surface area contributed by atoms with Gasteiger partial charge in [0.1, 0.15) is 0 Å². The summed E-state index contributed by atoms with van der Waals surface area (Å²) in [5.74, 6) is 0.864. The maximum atomic E-state index is 3.50. The molecule has 0 spiro atoms. The highest BCUT2D eigenvalue weighted by Crippen LogP contribution is 2.39. The molecule has 126 valence electrons. The van der Waals surface area contributed by atoms with Gasteiger partial charge in [-0.3, -0.25) is 4.90 Å². The summed E-state index contributed by atoms with van der Waals surface area (Å²) >= 11 is 0. The number of nitrogens with one attached hydrogen (secondary N) is 1. The molecule has 0 bridgehead atoms. The van der Waals surface area contributed by atoms with Crippen LogP contribution in [0.2, 0.25) is 0 Å². The van der Waals surface area contributed by atoms with Crippen molar-refractivity contribution in [3.05, 3.63) is 35.4 Å². The van der Waals surface area contributed by atoms with E-state index in [0.29, 0.717) is 6.04 Å². The standard InChI is InChI=1S/C18H28N2.2ClH/c1-15-7-5-6-10-17(15)18(16-8-3-2-4-9-16)20-13-11-19-12-14-20;;/h5-7,10,16,18-19H,2-4,8-9,11-14H2,1H3;2*1H/t18-;;/m1../s1. The van der Waals surface area contributed by atoms with Crippen molar-refractivity contribution in [3.63, 3.8) is 0 Å². The molecule has 1 aromatic carbocycles. The molecule has 1 atom stereocenters. The summed E-state index contributed by atoms with van der Waals surface area (Å²) < 4.78 is 0. The van der Waals surface area contributed by atoms with Crippen molar-refractivity contribution in [2.75, 3.05) is 26.2 Å². The van der Waals surface area contributed by atoms with Crippen LogP contribution < -0.4 is 5.32 Å². The van der Waals surface area contributed by atoms with E-state index in [1.165, 1.54) is 50.8 Å². The number of rotatable bonds is 3. The third-order valence-electron chi connectivity index (χ3n) is 5.15.